The molecule has 0 atom stereocenters. The molecule has 0 bridgehead atoms. The van der Waals surface area contributed by atoms with Crippen molar-refractivity contribution in [3.05, 3.63) is 59.8 Å². The van der Waals surface area contributed by atoms with Gasteiger partial charge in [-0.3, -0.25) is 0 Å². The molecule has 0 aliphatic heterocycles. The molecule has 0 radical (unpaired) electrons. The Morgan fingerprint density at radius 3 is 2.50 bits per heavy atom. The van der Waals surface area contributed by atoms with E-state index in [-0.39, 0.29) is 0 Å². The van der Waals surface area contributed by atoms with Gasteiger partial charge in [0.2, 0.25) is 5.88 Å². The minimum Gasteiger partial charge on any atom is -0.437 e. The van der Waals surface area contributed by atoms with E-state index in [0.29, 0.717) is 11.0 Å². The minimum absolute atomic E-state index is 0.347. The van der Waals surface area contributed by atoms with Crippen molar-refractivity contribution in [1.82, 2.24) is 10.2 Å². The molecule has 1 heterocycles. The summed E-state index contributed by atoms with van der Waals surface area (Å²) >= 11 is 5.68. The van der Waals surface area contributed by atoms with Gasteiger partial charge in [0.05, 0.1) is 0 Å². The predicted molar refractivity (Wildman–Crippen MR) is 71.1 cm³/mol. The van der Waals surface area contributed by atoms with Crippen molar-refractivity contribution in [3.63, 3.8) is 0 Å². The summed E-state index contributed by atoms with van der Waals surface area (Å²) in [6.07, 6.45) is 0. The van der Waals surface area contributed by atoms with Gasteiger partial charge in [0.15, 0.2) is 5.15 Å². The number of hydrogen-bond donors (Lipinski definition) is 0. The third-order valence-corrected chi connectivity index (χ3v) is 2.77. The summed E-state index contributed by atoms with van der Waals surface area (Å²) in [5.41, 5.74) is 0. The number of nitrogens with zero attached hydrogens (tertiary/aromatic N) is 2. The first-order valence-electron chi connectivity index (χ1n) is 5.48. The van der Waals surface area contributed by atoms with Gasteiger partial charge in [0, 0.05) is 11.5 Å². The van der Waals surface area contributed by atoms with Crippen molar-refractivity contribution < 1.29 is 4.74 Å². The van der Waals surface area contributed by atoms with Gasteiger partial charge in [-0.15, -0.1) is 10.2 Å². The average molecular weight is 257 g/mol. The standard InChI is InChI=1S/C14H9ClN2O/c15-13-8-9-14(17-16-13)18-12-7-3-5-10-4-1-2-6-11(10)12/h1-9H. The maximum atomic E-state index is 5.71. The first-order chi connectivity index (χ1) is 8.83. The van der Waals surface area contributed by atoms with Crippen LogP contribution in [0.15, 0.2) is 54.6 Å². The van der Waals surface area contributed by atoms with Crippen LogP contribution in [0, 0.1) is 0 Å². The molecule has 0 spiro atoms. The molecular formula is C14H9ClN2O. The fraction of sp³-hybridized carbons (Fsp3) is 0. The molecule has 3 rings (SSSR count). The Morgan fingerprint density at radius 2 is 1.67 bits per heavy atom. The van der Waals surface area contributed by atoms with E-state index in [9.17, 15) is 0 Å². The second kappa shape index (κ2) is 4.63. The summed E-state index contributed by atoms with van der Waals surface area (Å²) in [7, 11) is 0. The molecule has 0 N–H and O–H groups in total. The van der Waals surface area contributed by atoms with Gasteiger partial charge >= 0.3 is 0 Å². The van der Waals surface area contributed by atoms with Crippen molar-refractivity contribution in [2.24, 2.45) is 0 Å². The van der Waals surface area contributed by atoms with Crippen LogP contribution < -0.4 is 4.74 Å². The van der Waals surface area contributed by atoms with Gasteiger partial charge in [0.25, 0.3) is 0 Å². The number of aromatic nitrogens is 2. The highest BCUT2D eigenvalue weighted by Crippen LogP contribution is 2.28. The van der Waals surface area contributed by atoms with Gasteiger partial charge in [-0.25, -0.2) is 0 Å². The zero-order chi connectivity index (χ0) is 12.4. The molecule has 3 aromatic rings. The lowest BCUT2D eigenvalue weighted by Crippen LogP contribution is -1.90. The highest BCUT2D eigenvalue weighted by atomic mass is 35.5. The third-order valence-electron chi connectivity index (χ3n) is 2.57. The van der Waals surface area contributed by atoms with Crippen molar-refractivity contribution in [1.29, 1.82) is 0 Å². The molecule has 18 heavy (non-hydrogen) atoms. The summed E-state index contributed by atoms with van der Waals surface area (Å²) in [6.45, 7) is 0. The summed E-state index contributed by atoms with van der Waals surface area (Å²) in [5, 5.41) is 10.1. The second-order valence-electron chi connectivity index (χ2n) is 3.77. The van der Waals surface area contributed by atoms with Gasteiger partial charge in [-0.1, -0.05) is 48.0 Å². The van der Waals surface area contributed by atoms with Crippen molar-refractivity contribution in [2.75, 3.05) is 0 Å². The molecule has 0 saturated heterocycles. The van der Waals surface area contributed by atoms with E-state index in [0.717, 1.165) is 16.5 Å². The Bertz CT molecular complexity index is 677. The van der Waals surface area contributed by atoms with Crippen LogP contribution >= 0.6 is 11.6 Å². The van der Waals surface area contributed by atoms with Crippen molar-refractivity contribution >= 4 is 22.4 Å². The molecule has 0 saturated carbocycles. The van der Waals surface area contributed by atoms with Crippen molar-refractivity contribution in [2.45, 2.75) is 0 Å². The highest BCUT2D eigenvalue weighted by molar-refractivity contribution is 6.29. The normalized spacial score (nSPS) is 10.5. The van der Waals surface area contributed by atoms with Crippen LogP contribution in [0.4, 0.5) is 0 Å². The summed E-state index contributed by atoms with van der Waals surface area (Å²) in [6, 6.07) is 17.2. The number of rotatable bonds is 2. The molecule has 0 aliphatic carbocycles. The molecular weight excluding hydrogens is 248 g/mol. The van der Waals surface area contributed by atoms with E-state index in [1.165, 1.54) is 0 Å². The summed E-state index contributed by atoms with van der Waals surface area (Å²) in [5.74, 6) is 1.18. The van der Waals surface area contributed by atoms with E-state index in [4.69, 9.17) is 16.3 Å². The maximum Gasteiger partial charge on any atom is 0.238 e. The minimum atomic E-state index is 0.347. The Balaban J connectivity index is 2.02. The molecule has 0 fully saturated rings. The number of ether oxygens (including phenoxy) is 1. The topological polar surface area (TPSA) is 35.0 Å². The van der Waals surface area contributed by atoms with Gasteiger partial charge in [0.1, 0.15) is 5.75 Å². The summed E-state index contributed by atoms with van der Waals surface area (Å²) in [4.78, 5) is 0. The quantitative estimate of drug-likeness (QED) is 0.693. The molecule has 0 aliphatic rings. The molecule has 3 nitrogen and oxygen atoms in total. The summed E-state index contributed by atoms with van der Waals surface area (Å²) < 4.78 is 5.71. The fourth-order valence-electron chi connectivity index (χ4n) is 1.76. The zero-order valence-corrected chi connectivity index (χ0v) is 10.1. The lowest BCUT2D eigenvalue weighted by molar-refractivity contribution is 0.460. The lowest BCUT2D eigenvalue weighted by atomic mass is 10.1. The van der Waals surface area contributed by atoms with Crippen LogP contribution in [0.5, 0.6) is 11.6 Å². The van der Waals surface area contributed by atoms with E-state index in [1.807, 2.05) is 42.5 Å². The zero-order valence-electron chi connectivity index (χ0n) is 9.38. The predicted octanol–water partition coefficient (Wildman–Crippen LogP) is 4.08. The van der Waals surface area contributed by atoms with Crippen LogP contribution in [-0.2, 0) is 0 Å². The lowest BCUT2D eigenvalue weighted by Gasteiger charge is -2.07. The molecule has 0 amide bonds. The largest absolute Gasteiger partial charge is 0.437 e. The molecule has 1 aromatic heterocycles. The maximum absolute atomic E-state index is 5.71. The Labute approximate surface area is 109 Å². The van der Waals surface area contributed by atoms with Crippen LogP contribution in [-0.4, -0.2) is 10.2 Å². The first-order valence-corrected chi connectivity index (χ1v) is 5.85. The van der Waals surface area contributed by atoms with Gasteiger partial charge in [-0.2, -0.15) is 0 Å². The fourth-order valence-corrected chi connectivity index (χ4v) is 1.86. The van der Waals surface area contributed by atoms with E-state index >= 15 is 0 Å². The number of hydrogen-bond acceptors (Lipinski definition) is 3. The van der Waals surface area contributed by atoms with E-state index in [1.54, 1.807) is 12.1 Å². The van der Waals surface area contributed by atoms with Crippen LogP contribution in [0.3, 0.4) is 0 Å². The van der Waals surface area contributed by atoms with Crippen molar-refractivity contribution in [3.8, 4) is 11.6 Å². The van der Waals surface area contributed by atoms with E-state index in [2.05, 4.69) is 10.2 Å². The molecule has 2 aromatic carbocycles. The van der Waals surface area contributed by atoms with Gasteiger partial charge < -0.3 is 4.74 Å². The second-order valence-corrected chi connectivity index (χ2v) is 4.16. The smallest absolute Gasteiger partial charge is 0.238 e. The van der Waals surface area contributed by atoms with E-state index < -0.39 is 0 Å². The Morgan fingerprint density at radius 1 is 0.833 bits per heavy atom. The Kier molecular flexibility index (Phi) is 2.82. The average Bonchev–Trinajstić information content (AvgIpc) is 2.42. The SMILES string of the molecule is Clc1ccc(Oc2cccc3ccccc23)nn1. The third kappa shape index (κ3) is 2.13. The van der Waals surface area contributed by atoms with Crippen LogP contribution in [0.1, 0.15) is 0 Å². The number of fused-ring (bicyclic) bond motifs is 1. The molecule has 88 valence electrons. The Hall–Kier alpha value is -2.13. The molecule has 0 unspecified atom stereocenters. The molecule has 4 heteroatoms. The monoisotopic (exact) mass is 256 g/mol. The number of benzene rings is 2. The first kappa shape index (κ1) is 11.0. The van der Waals surface area contributed by atoms with Crippen LogP contribution in [0.2, 0.25) is 5.15 Å². The highest BCUT2D eigenvalue weighted by Gasteiger charge is 2.04. The number of halogens is 1. The van der Waals surface area contributed by atoms with Gasteiger partial charge in [-0.05, 0) is 17.5 Å². The van der Waals surface area contributed by atoms with Crippen LogP contribution in [0.25, 0.3) is 10.8 Å².